The summed E-state index contributed by atoms with van der Waals surface area (Å²) in [5.41, 5.74) is 1.12. The number of carbonyl (C=O) groups excluding carboxylic acids is 2. The molecule has 0 aliphatic carbocycles. The quantitative estimate of drug-likeness (QED) is 0.893. The van der Waals surface area contributed by atoms with E-state index in [1.807, 2.05) is 29.2 Å². The fourth-order valence-electron chi connectivity index (χ4n) is 3.71. The van der Waals surface area contributed by atoms with Crippen molar-refractivity contribution in [1.29, 1.82) is 0 Å². The van der Waals surface area contributed by atoms with Crippen LogP contribution < -0.4 is 10.1 Å². The lowest BCUT2D eigenvalue weighted by atomic mass is 9.90. The fourth-order valence-corrected chi connectivity index (χ4v) is 3.71. The highest BCUT2D eigenvalue weighted by Crippen LogP contribution is 2.35. The molecule has 1 fully saturated rings. The van der Waals surface area contributed by atoms with Gasteiger partial charge in [0.2, 0.25) is 11.8 Å². The van der Waals surface area contributed by atoms with E-state index in [1.165, 1.54) is 12.8 Å². The van der Waals surface area contributed by atoms with E-state index >= 15 is 0 Å². The van der Waals surface area contributed by atoms with Crippen LogP contribution in [0.5, 0.6) is 5.75 Å². The van der Waals surface area contributed by atoms with Crippen molar-refractivity contribution in [2.45, 2.75) is 50.9 Å². The summed E-state index contributed by atoms with van der Waals surface area (Å²) >= 11 is 0. The van der Waals surface area contributed by atoms with Crippen LogP contribution in [0.25, 0.3) is 0 Å². The van der Waals surface area contributed by atoms with Crippen LogP contribution in [0.2, 0.25) is 0 Å². The lowest BCUT2D eigenvalue weighted by Crippen LogP contribution is -2.35. The van der Waals surface area contributed by atoms with Crippen LogP contribution in [0, 0.1) is 0 Å². The summed E-state index contributed by atoms with van der Waals surface area (Å²) in [6, 6.07) is 7.93. The van der Waals surface area contributed by atoms with Crippen molar-refractivity contribution in [3.8, 4) is 5.75 Å². The molecule has 1 saturated heterocycles. The van der Waals surface area contributed by atoms with Crippen LogP contribution in [0.1, 0.15) is 56.4 Å². The highest BCUT2D eigenvalue weighted by molar-refractivity contribution is 5.79. The molecule has 2 amide bonds. The number of amides is 2. The van der Waals surface area contributed by atoms with Gasteiger partial charge in [0, 0.05) is 32.5 Å². The third kappa shape index (κ3) is 4.97. The molecule has 0 radical (unpaired) electrons. The summed E-state index contributed by atoms with van der Waals surface area (Å²) in [4.78, 5) is 26.5. The highest BCUT2D eigenvalue weighted by Gasteiger charge is 2.23. The van der Waals surface area contributed by atoms with E-state index in [4.69, 9.17) is 4.74 Å². The van der Waals surface area contributed by atoms with Crippen LogP contribution in [0.4, 0.5) is 0 Å². The second kappa shape index (κ2) is 8.88. The normalized spacial score (nSPS) is 20.2. The van der Waals surface area contributed by atoms with Crippen molar-refractivity contribution in [3.05, 3.63) is 29.8 Å². The average Bonchev–Trinajstić information content (AvgIpc) is 2.91. The Balaban J connectivity index is 1.42. The number of likely N-dealkylation sites (tertiary alicyclic amines) is 1. The van der Waals surface area contributed by atoms with Crippen LogP contribution >= 0.6 is 0 Å². The Hall–Kier alpha value is -2.04. The Morgan fingerprint density at radius 3 is 2.68 bits per heavy atom. The standard InChI is InChI=1S/C20H28N2O3/c23-19(15-16-10-14-25-18-8-4-3-7-17(16)18)21-11-9-20(24)22-12-5-1-2-6-13-22/h3-4,7-8,16H,1-2,5-6,9-15H2,(H,21,23)/t16-/m0/s1. The number of carbonyl (C=O) groups is 2. The number of ether oxygens (including phenoxy) is 1. The van der Waals surface area contributed by atoms with Crippen molar-refractivity contribution >= 4 is 11.8 Å². The lowest BCUT2D eigenvalue weighted by Gasteiger charge is -2.25. The van der Waals surface area contributed by atoms with Gasteiger partial charge in [0.05, 0.1) is 6.61 Å². The van der Waals surface area contributed by atoms with Gasteiger partial charge in [-0.15, -0.1) is 0 Å². The third-order valence-corrected chi connectivity index (χ3v) is 5.13. The van der Waals surface area contributed by atoms with Gasteiger partial charge in [0.25, 0.3) is 0 Å². The molecule has 1 aromatic carbocycles. The maximum Gasteiger partial charge on any atom is 0.224 e. The van der Waals surface area contributed by atoms with Crippen molar-refractivity contribution in [3.63, 3.8) is 0 Å². The molecule has 5 nitrogen and oxygen atoms in total. The van der Waals surface area contributed by atoms with Crippen LogP contribution in [0.15, 0.2) is 24.3 Å². The molecule has 5 heteroatoms. The number of para-hydroxylation sites is 1. The number of nitrogens with zero attached hydrogens (tertiary/aromatic N) is 1. The molecule has 0 unspecified atom stereocenters. The first-order valence-electron chi connectivity index (χ1n) is 9.50. The van der Waals surface area contributed by atoms with Crippen LogP contribution in [0.3, 0.4) is 0 Å². The third-order valence-electron chi connectivity index (χ3n) is 5.13. The summed E-state index contributed by atoms with van der Waals surface area (Å²) < 4.78 is 5.64. The summed E-state index contributed by atoms with van der Waals surface area (Å²) in [6.07, 6.45) is 6.34. The monoisotopic (exact) mass is 344 g/mol. The van der Waals surface area contributed by atoms with Gasteiger partial charge in [0.15, 0.2) is 0 Å². The first-order valence-corrected chi connectivity index (χ1v) is 9.50. The summed E-state index contributed by atoms with van der Waals surface area (Å²) in [5.74, 6) is 1.28. The van der Waals surface area contributed by atoms with Gasteiger partial charge in [-0.1, -0.05) is 31.0 Å². The topological polar surface area (TPSA) is 58.6 Å². The first-order chi connectivity index (χ1) is 12.2. The van der Waals surface area contributed by atoms with E-state index in [1.54, 1.807) is 0 Å². The molecule has 136 valence electrons. The first kappa shape index (κ1) is 17.8. The second-order valence-electron chi connectivity index (χ2n) is 6.97. The Morgan fingerprint density at radius 1 is 1.12 bits per heavy atom. The minimum atomic E-state index is 0.0189. The molecular formula is C20H28N2O3. The zero-order chi connectivity index (χ0) is 17.5. The SMILES string of the molecule is O=C(C[C@@H]1CCOc2ccccc21)NCCC(=O)N1CCCCCC1. The molecule has 1 atom stereocenters. The molecule has 0 saturated carbocycles. The van der Waals surface area contributed by atoms with Crippen LogP contribution in [-0.4, -0.2) is 43.0 Å². The average molecular weight is 344 g/mol. The van der Waals surface area contributed by atoms with Gasteiger partial charge in [-0.3, -0.25) is 9.59 Å². The number of benzene rings is 1. The van der Waals surface area contributed by atoms with E-state index in [0.717, 1.165) is 43.7 Å². The highest BCUT2D eigenvalue weighted by atomic mass is 16.5. The number of fused-ring (bicyclic) bond motifs is 1. The van der Waals surface area contributed by atoms with E-state index in [2.05, 4.69) is 5.32 Å². The minimum Gasteiger partial charge on any atom is -0.493 e. The van der Waals surface area contributed by atoms with Crippen molar-refractivity contribution in [2.24, 2.45) is 0 Å². The van der Waals surface area contributed by atoms with Gasteiger partial charge >= 0.3 is 0 Å². The Bertz CT molecular complexity index is 594. The van der Waals surface area contributed by atoms with Gasteiger partial charge in [-0.25, -0.2) is 0 Å². The maximum absolute atomic E-state index is 12.3. The molecule has 0 spiro atoms. The zero-order valence-electron chi connectivity index (χ0n) is 14.8. The molecule has 2 heterocycles. The predicted molar refractivity (Wildman–Crippen MR) is 96.6 cm³/mol. The largest absolute Gasteiger partial charge is 0.493 e. The van der Waals surface area contributed by atoms with Crippen molar-refractivity contribution < 1.29 is 14.3 Å². The molecule has 3 rings (SSSR count). The number of hydrogen-bond donors (Lipinski definition) is 1. The van der Waals surface area contributed by atoms with E-state index in [9.17, 15) is 9.59 Å². The predicted octanol–water partition coefficient (Wildman–Crippen LogP) is 2.85. The lowest BCUT2D eigenvalue weighted by molar-refractivity contribution is -0.131. The zero-order valence-corrected chi connectivity index (χ0v) is 14.8. The summed E-state index contributed by atoms with van der Waals surface area (Å²) in [6.45, 7) is 2.82. The molecule has 25 heavy (non-hydrogen) atoms. The number of rotatable bonds is 5. The van der Waals surface area contributed by atoms with E-state index in [-0.39, 0.29) is 17.7 Å². The van der Waals surface area contributed by atoms with E-state index in [0.29, 0.717) is 26.0 Å². The van der Waals surface area contributed by atoms with Gasteiger partial charge in [0.1, 0.15) is 5.75 Å². The van der Waals surface area contributed by atoms with Gasteiger partial charge < -0.3 is 15.0 Å². The smallest absolute Gasteiger partial charge is 0.224 e. The van der Waals surface area contributed by atoms with Crippen molar-refractivity contribution in [2.75, 3.05) is 26.2 Å². The molecule has 1 N–H and O–H groups in total. The Morgan fingerprint density at radius 2 is 1.88 bits per heavy atom. The Kier molecular flexibility index (Phi) is 6.31. The number of nitrogens with one attached hydrogen (secondary N) is 1. The molecular weight excluding hydrogens is 316 g/mol. The number of hydrogen-bond acceptors (Lipinski definition) is 3. The minimum absolute atomic E-state index is 0.0189. The van der Waals surface area contributed by atoms with E-state index < -0.39 is 0 Å². The fraction of sp³-hybridized carbons (Fsp3) is 0.600. The van der Waals surface area contributed by atoms with Gasteiger partial charge in [-0.05, 0) is 36.8 Å². The molecule has 0 aromatic heterocycles. The van der Waals surface area contributed by atoms with Gasteiger partial charge in [-0.2, -0.15) is 0 Å². The van der Waals surface area contributed by atoms with Crippen LogP contribution in [-0.2, 0) is 9.59 Å². The Labute approximate surface area is 149 Å². The summed E-state index contributed by atoms with van der Waals surface area (Å²) in [5, 5.41) is 2.92. The van der Waals surface area contributed by atoms with Crippen molar-refractivity contribution in [1.82, 2.24) is 10.2 Å². The molecule has 2 aliphatic heterocycles. The molecule has 0 bridgehead atoms. The maximum atomic E-state index is 12.3. The molecule has 1 aromatic rings. The summed E-state index contributed by atoms with van der Waals surface area (Å²) in [7, 11) is 0. The molecule has 2 aliphatic rings. The second-order valence-corrected chi connectivity index (χ2v) is 6.97.